The number of carbonyl (C=O) groups is 2. The summed E-state index contributed by atoms with van der Waals surface area (Å²) < 4.78 is 0. The van der Waals surface area contributed by atoms with Crippen LogP contribution in [0.4, 0.5) is 0 Å². The Morgan fingerprint density at radius 3 is 1.97 bits per heavy atom. The van der Waals surface area contributed by atoms with Crippen LogP contribution in [0.3, 0.4) is 0 Å². The molecule has 7 nitrogen and oxygen atoms in total. The second kappa shape index (κ2) is 24.0. The van der Waals surface area contributed by atoms with Gasteiger partial charge in [-0.25, -0.2) is 5.48 Å². The van der Waals surface area contributed by atoms with Gasteiger partial charge in [-0.3, -0.25) is 14.8 Å². The van der Waals surface area contributed by atoms with Crippen LogP contribution >= 0.6 is 45.7 Å². The van der Waals surface area contributed by atoms with Crippen molar-refractivity contribution < 1.29 is 14.8 Å². The van der Waals surface area contributed by atoms with Crippen molar-refractivity contribution in [1.82, 2.24) is 21.4 Å². The molecular formula is C21H38Br2N4O3S. The number of thioether (sulfide) groups is 1. The van der Waals surface area contributed by atoms with Gasteiger partial charge in [-0.2, -0.15) is 0 Å². The summed E-state index contributed by atoms with van der Waals surface area (Å²) in [6.45, 7) is 4.65. The highest BCUT2D eigenvalue weighted by Crippen LogP contribution is 2.15. The van der Waals surface area contributed by atoms with Crippen molar-refractivity contribution in [2.45, 2.75) is 49.8 Å². The maximum Gasteiger partial charge on any atom is 0.243 e. The molecule has 2 amide bonds. The van der Waals surface area contributed by atoms with E-state index in [9.17, 15) is 9.59 Å². The molecule has 0 aliphatic rings. The van der Waals surface area contributed by atoms with Gasteiger partial charge in [0.2, 0.25) is 11.8 Å². The number of halogens is 2. The van der Waals surface area contributed by atoms with Gasteiger partial charge in [0.05, 0.1) is 0 Å². The molecule has 1 aromatic carbocycles. The van der Waals surface area contributed by atoms with E-state index in [1.54, 1.807) is 5.48 Å². The minimum atomic E-state index is -0.408. The molecule has 0 unspecified atom stereocenters. The van der Waals surface area contributed by atoms with Gasteiger partial charge >= 0.3 is 0 Å². The molecule has 0 heterocycles. The van der Waals surface area contributed by atoms with Crippen molar-refractivity contribution in [2.75, 3.05) is 38.5 Å². The zero-order valence-corrected chi connectivity index (χ0v) is 22.3. The van der Waals surface area contributed by atoms with Crippen LogP contribution in [0.5, 0.6) is 0 Å². The number of hydrogen-bond acceptors (Lipinski definition) is 6. The summed E-state index contributed by atoms with van der Waals surface area (Å²) in [5.74, 6) is 0.701. The minimum Gasteiger partial charge on any atom is -0.356 e. The van der Waals surface area contributed by atoms with E-state index >= 15 is 0 Å². The molecule has 0 atom stereocenters. The third-order valence-corrected chi connectivity index (χ3v) is 5.30. The molecule has 5 N–H and O–H groups in total. The maximum absolute atomic E-state index is 11.6. The highest BCUT2D eigenvalue weighted by atomic mass is 79.9. The number of unbranched alkanes of at least 4 members (excludes halogenated alkanes) is 2. The maximum atomic E-state index is 11.6. The number of hydroxylamine groups is 1. The van der Waals surface area contributed by atoms with Crippen molar-refractivity contribution in [1.29, 1.82) is 0 Å². The Hall–Kier alpha value is -0.650. The molecule has 1 aromatic rings. The minimum absolute atomic E-state index is 0. The van der Waals surface area contributed by atoms with Gasteiger partial charge in [0.25, 0.3) is 0 Å². The van der Waals surface area contributed by atoms with Gasteiger partial charge in [-0.1, -0.05) is 18.2 Å². The van der Waals surface area contributed by atoms with Crippen LogP contribution < -0.4 is 21.4 Å². The summed E-state index contributed by atoms with van der Waals surface area (Å²) in [7, 11) is 0. The van der Waals surface area contributed by atoms with Crippen molar-refractivity contribution in [3.63, 3.8) is 0 Å². The van der Waals surface area contributed by atoms with Gasteiger partial charge in [0.1, 0.15) is 0 Å². The van der Waals surface area contributed by atoms with E-state index < -0.39 is 5.91 Å². The van der Waals surface area contributed by atoms with Gasteiger partial charge in [-0.05, 0) is 63.9 Å². The Bertz CT molecular complexity index is 557. The third-order valence-electron chi connectivity index (χ3n) is 4.28. The quantitative estimate of drug-likeness (QED) is 0.0782. The van der Waals surface area contributed by atoms with Gasteiger partial charge in [0, 0.05) is 36.6 Å². The fourth-order valence-electron chi connectivity index (χ4n) is 2.66. The Morgan fingerprint density at radius 2 is 1.32 bits per heavy atom. The molecule has 180 valence electrons. The first-order chi connectivity index (χ1) is 14.2. The number of nitrogens with one attached hydrogen (secondary N) is 4. The lowest BCUT2D eigenvalue weighted by Crippen LogP contribution is -2.27. The number of carbonyl (C=O) groups excluding carboxylic acids is 2. The zero-order valence-electron chi connectivity index (χ0n) is 18.1. The Morgan fingerprint density at radius 1 is 0.742 bits per heavy atom. The number of amides is 2. The Balaban J connectivity index is 0. The summed E-state index contributed by atoms with van der Waals surface area (Å²) in [4.78, 5) is 23.8. The van der Waals surface area contributed by atoms with Crippen molar-refractivity contribution in [2.24, 2.45) is 0 Å². The van der Waals surface area contributed by atoms with E-state index in [-0.39, 0.29) is 46.3 Å². The first-order valence-electron chi connectivity index (χ1n) is 10.5. The molecule has 0 aliphatic heterocycles. The summed E-state index contributed by atoms with van der Waals surface area (Å²) in [6.07, 6.45) is 5.13. The number of benzene rings is 1. The topological polar surface area (TPSA) is 102 Å². The highest BCUT2D eigenvalue weighted by molar-refractivity contribution is 8.93. The monoisotopic (exact) mass is 584 g/mol. The molecule has 0 radical (unpaired) electrons. The van der Waals surface area contributed by atoms with Gasteiger partial charge in [-0.15, -0.1) is 45.7 Å². The van der Waals surface area contributed by atoms with Crippen LogP contribution in [-0.4, -0.2) is 55.5 Å². The first kappa shape index (κ1) is 32.5. The van der Waals surface area contributed by atoms with Crippen LogP contribution in [0.15, 0.2) is 35.2 Å². The van der Waals surface area contributed by atoms with E-state index in [1.165, 1.54) is 4.90 Å². The Kier molecular flexibility index (Phi) is 25.2. The fourth-order valence-corrected chi connectivity index (χ4v) is 3.50. The predicted octanol–water partition coefficient (Wildman–Crippen LogP) is 3.47. The molecule has 0 fully saturated rings. The average molecular weight is 586 g/mol. The van der Waals surface area contributed by atoms with E-state index in [0.29, 0.717) is 25.8 Å². The van der Waals surface area contributed by atoms with Crippen molar-refractivity contribution in [3.8, 4) is 0 Å². The highest BCUT2D eigenvalue weighted by Gasteiger charge is 2.03. The second-order valence-electron chi connectivity index (χ2n) is 6.81. The van der Waals surface area contributed by atoms with Crippen LogP contribution in [0.1, 0.15) is 44.9 Å². The first-order valence-corrected chi connectivity index (χ1v) is 11.5. The van der Waals surface area contributed by atoms with Crippen molar-refractivity contribution >= 4 is 57.5 Å². The molecule has 0 aromatic heterocycles. The summed E-state index contributed by atoms with van der Waals surface area (Å²) in [5, 5.41) is 18.1. The molecule has 1 rings (SSSR count). The number of rotatable bonds is 18. The van der Waals surface area contributed by atoms with Crippen LogP contribution in [0, 0.1) is 0 Å². The van der Waals surface area contributed by atoms with Crippen LogP contribution in [-0.2, 0) is 9.59 Å². The second-order valence-corrected chi connectivity index (χ2v) is 7.98. The van der Waals surface area contributed by atoms with Crippen LogP contribution in [0.2, 0.25) is 0 Å². The molecular weight excluding hydrogens is 548 g/mol. The van der Waals surface area contributed by atoms with Crippen molar-refractivity contribution in [3.05, 3.63) is 30.3 Å². The lowest BCUT2D eigenvalue weighted by Gasteiger charge is -2.07. The standard InChI is InChI=1S/C21H36N4O3S.2BrH/c26-20(11-4-5-12-21(27)25-28)24-16-8-15-22-13-6-7-14-23-17-18-29-19-9-2-1-3-10-19;;/h1-3,9-10,22-23,28H,4-8,11-18H2,(H,24,26)(H,25,27);2*1H. The lowest BCUT2D eigenvalue weighted by molar-refractivity contribution is -0.129. The smallest absolute Gasteiger partial charge is 0.243 e. The summed E-state index contributed by atoms with van der Waals surface area (Å²) in [5.41, 5.74) is 1.59. The molecule has 0 spiro atoms. The Labute approximate surface area is 211 Å². The molecule has 31 heavy (non-hydrogen) atoms. The third kappa shape index (κ3) is 21.0. The zero-order chi connectivity index (χ0) is 21.0. The molecule has 0 aliphatic carbocycles. The van der Waals surface area contributed by atoms with Crippen LogP contribution in [0.25, 0.3) is 0 Å². The fraction of sp³-hybridized carbons (Fsp3) is 0.619. The van der Waals surface area contributed by atoms with Gasteiger partial charge in [0.15, 0.2) is 0 Å². The molecule has 10 heteroatoms. The number of hydrogen-bond donors (Lipinski definition) is 5. The molecule has 0 saturated heterocycles. The van der Waals surface area contributed by atoms with E-state index in [4.69, 9.17) is 5.21 Å². The molecule has 0 saturated carbocycles. The predicted molar refractivity (Wildman–Crippen MR) is 139 cm³/mol. The average Bonchev–Trinajstić information content (AvgIpc) is 2.75. The largest absolute Gasteiger partial charge is 0.356 e. The van der Waals surface area contributed by atoms with E-state index in [1.807, 2.05) is 17.8 Å². The van der Waals surface area contributed by atoms with Gasteiger partial charge < -0.3 is 16.0 Å². The van der Waals surface area contributed by atoms with E-state index in [0.717, 1.165) is 51.2 Å². The SMILES string of the molecule is Br.Br.O=C(CCCCC(=O)NCCCNCCCCNCCSc1ccccc1)NO. The van der Waals surface area contributed by atoms with E-state index in [2.05, 4.69) is 40.2 Å². The summed E-state index contributed by atoms with van der Waals surface area (Å²) in [6, 6.07) is 10.5. The lowest BCUT2D eigenvalue weighted by atomic mass is 10.2. The summed E-state index contributed by atoms with van der Waals surface area (Å²) >= 11 is 1.88. The normalized spacial score (nSPS) is 9.97. The molecule has 0 bridgehead atoms.